The van der Waals surface area contributed by atoms with Crippen molar-refractivity contribution in [1.82, 2.24) is 4.90 Å². The first-order chi connectivity index (χ1) is 9.13. The van der Waals surface area contributed by atoms with Gasteiger partial charge < -0.3 is 25.0 Å². The van der Waals surface area contributed by atoms with Gasteiger partial charge in [-0.1, -0.05) is 0 Å². The van der Waals surface area contributed by atoms with E-state index in [1.54, 1.807) is 12.3 Å². The van der Waals surface area contributed by atoms with Crippen LogP contribution >= 0.6 is 0 Å². The van der Waals surface area contributed by atoms with Crippen LogP contribution in [0.4, 0.5) is 0 Å². The molecule has 1 fully saturated rings. The van der Waals surface area contributed by atoms with Crippen LogP contribution in [-0.2, 0) is 9.53 Å². The molecule has 0 aromatic heterocycles. The van der Waals surface area contributed by atoms with Crippen molar-refractivity contribution in [2.75, 3.05) is 6.61 Å². The largest absolute Gasteiger partial charge is 0.394 e. The van der Waals surface area contributed by atoms with Crippen molar-refractivity contribution in [1.29, 1.82) is 0 Å². The van der Waals surface area contributed by atoms with E-state index in [1.807, 2.05) is 0 Å². The second-order valence-corrected chi connectivity index (χ2v) is 4.53. The molecule has 0 bridgehead atoms. The van der Waals surface area contributed by atoms with Crippen LogP contribution in [0.1, 0.15) is 0 Å². The molecular weight excluding hydrogens is 254 g/mol. The van der Waals surface area contributed by atoms with Crippen LogP contribution in [0, 0.1) is 5.92 Å². The summed E-state index contributed by atoms with van der Waals surface area (Å²) in [6.07, 6.45) is 0.193. The lowest BCUT2D eigenvalue weighted by Crippen LogP contribution is -2.45. The fraction of sp³-hybridized carbons (Fsp3) is 0.545. The lowest BCUT2D eigenvalue weighted by Gasteiger charge is -2.28. The van der Waals surface area contributed by atoms with Gasteiger partial charge in [-0.2, -0.15) is 0 Å². The monoisotopic (exact) mass is 267 g/mol. The number of hydrogen-bond acceptors (Lipinski definition) is 7. The van der Waals surface area contributed by atoms with Gasteiger partial charge in [-0.25, -0.2) is 9.98 Å². The number of aliphatic hydroxyl groups is 3. The fourth-order valence-electron chi connectivity index (χ4n) is 2.39. The maximum Gasteiger partial charge on any atom is 0.261 e. The summed E-state index contributed by atoms with van der Waals surface area (Å²) in [5.41, 5.74) is 0. The van der Waals surface area contributed by atoms with Crippen molar-refractivity contribution in [3.05, 3.63) is 12.3 Å². The topological polar surface area (TPSA) is 115 Å². The Bertz CT molecular complexity index is 489. The Balaban J connectivity index is 1.85. The fourth-order valence-corrected chi connectivity index (χ4v) is 2.39. The van der Waals surface area contributed by atoms with Crippen LogP contribution in [0.5, 0.6) is 0 Å². The number of hydrogen-bond donors (Lipinski definition) is 3. The number of aliphatic imine (C=N–C) groups is 2. The van der Waals surface area contributed by atoms with E-state index in [9.17, 15) is 15.0 Å². The van der Waals surface area contributed by atoms with Crippen molar-refractivity contribution in [2.45, 2.75) is 24.5 Å². The predicted molar refractivity (Wildman–Crippen MR) is 63.2 cm³/mol. The van der Waals surface area contributed by atoms with E-state index in [0.29, 0.717) is 5.84 Å². The highest BCUT2D eigenvalue weighted by Gasteiger charge is 2.48. The van der Waals surface area contributed by atoms with Crippen LogP contribution < -0.4 is 0 Å². The molecule has 102 valence electrons. The Morgan fingerprint density at radius 3 is 2.84 bits per heavy atom. The number of carbonyl (C=O) groups is 1. The summed E-state index contributed by atoms with van der Waals surface area (Å²) < 4.78 is 5.39. The molecule has 1 amide bonds. The molecule has 0 aromatic carbocycles. The second-order valence-electron chi connectivity index (χ2n) is 4.53. The van der Waals surface area contributed by atoms with Crippen LogP contribution in [0.2, 0.25) is 0 Å². The third-order valence-corrected chi connectivity index (χ3v) is 3.41. The first kappa shape index (κ1) is 12.4. The molecule has 0 radical (unpaired) electrons. The number of fused-ring (bicyclic) bond motifs is 1. The number of amides is 1. The summed E-state index contributed by atoms with van der Waals surface area (Å²) in [6, 6.07) is 0. The molecule has 3 heterocycles. The van der Waals surface area contributed by atoms with Gasteiger partial charge in [0.1, 0.15) is 36.4 Å². The van der Waals surface area contributed by atoms with Gasteiger partial charge in [-0.05, 0) is 6.08 Å². The van der Waals surface area contributed by atoms with Crippen molar-refractivity contribution >= 4 is 18.1 Å². The van der Waals surface area contributed by atoms with E-state index in [0.717, 1.165) is 6.34 Å². The SMILES string of the molecule is O=C1N=CN=C2C1C=CN2C1OC(CO)C(O)C1O. The summed E-state index contributed by atoms with van der Waals surface area (Å²) >= 11 is 0. The Labute approximate surface area is 108 Å². The van der Waals surface area contributed by atoms with Crippen LogP contribution in [-0.4, -0.2) is 69.4 Å². The third-order valence-electron chi connectivity index (χ3n) is 3.41. The molecule has 0 saturated carbocycles. The zero-order valence-electron chi connectivity index (χ0n) is 9.83. The molecule has 3 rings (SSSR count). The highest BCUT2D eigenvalue weighted by Crippen LogP contribution is 2.30. The number of aliphatic hydroxyl groups excluding tert-OH is 3. The number of nitrogens with zero attached hydrogens (tertiary/aromatic N) is 3. The van der Waals surface area contributed by atoms with E-state index in [-0.39, 0.29) is 5.91 Å². The van der Waals surface area contributed by atoms with Gasteiger partial charge in [-0.15, -0.1) is 0 Å². The zero-order chi connectivity index (χ0) is 13.6. The maximum absolute atomic E-state index is 11.6. The van der Waals surface area contributed by atoms with Crippen LogP contribution in [0.15, 0.2) is 22.3 Å². The van der Waals surface area contributed by atoms with Gasteiger partial charge in [0.2, 0.25) is 0 Å². The summed E-state index contributed by atoms with van der Waals surface area (Å²) in [5, 5.41) is 28.7. The molecule has 19 heavy (non-hydrogen) atoms. The van der Waals surface area contributed by atoms with E-state index in [1.165, 1.54) is 4.90 Å². The van der Waals surface area contributed by atoms with Gasteiger partial charge in [0.25, 0.3) is 5.91 Å². The maximum atomic E-state index is 11.6. The quantitative estimate of drug-likeness (QED) is 0.525. The van der Waals surface area contributed by atoms with Gasteiger partial charge in [0, 0.05) is 6.20 Å². The number of amidine groups is 1. The molecule has 3 aliphatic heterocycles. The molecule has 5 unspecified atom stereocenters. The summed E-state index contributed by atoms with van der Waals surface area (Å²) in [5.74, 6) is -0.517. The molecule has 3 aliphatic rings. The number of rotatable bonds is 2. The van der Waals surface area contributed by atoms with E-state index >= 15 is 0 Å². The van der Waals surface area contributed by atoms with Gasteiger partial charge in [0.05, 0.1) is 6.61 Å². The van der Waals surface area contributed by atoms with Crippen LogP contribution in [0.3, 0.4) is 0 Å². The lowest BCUT2D eigenvalue weighted by molar-refractivity contribution is -0.118. The van der Waals surface area contributed by atoms with Crippen molar-refractivity contribution in [2.24, 2.45) is 15.9 Å². The summed E-state index contributed by atoms with van der Waals surface area (Å²) in [4.78, 5) is 20.6. The van der Waals surface area contributed by atoms with E-state index < -0.39 is 37.1 Å². The van der Waals surface area contributed by atoms with Crippen LogP contribution in [0.25, 0.3) is 0 Å². The molecule has 1 saturated heterocycles. The normalized spacial score (nSPS) is 40.8. The summed E-state index contributed by atoms with van der Waals surface area (Å²) in [7, 11) is 0. The predicted octanol–water partition coefficient (Wildman–Crippen LogP) is -2.16. The smallest absolute Gasteiger partial charge is 0.261 e. The second kappa shape index (κ2) is 4.49. The Kier molecular flexibility index (Phi) is 2.94. The van der Waals surface area contributed by atoms with E-state index in [4.69, 9.17) is 9.84 Å². The average Bonchev–Trinajstić information content (AvgIpc) is 2.94. The molecular formula is C11H13N3O5. The Morgan fingerprint density at radius 1 is 1.37 bits per heavy atom. The zero-order valence-corrected chi connectivity index (χ0v) is 9.83. The standard InChI is InChI=1S/C11H13N3O5/c15-3-6-7(16)8(17)11(19-6)14-2-1-5-9(14)12-4-13-10(5)18/h1-2,4-8,11,15-17H,3H2. The minimum absolute atomic E-state index is 0.338. The average molecular weight is 267 g/mol. The number of ether oxygens (including phenoxy) is 1. The Morgan fingerprint density at radius 2 is 2.16 bits per heavy atom. The molecule has 0 aliphatic carbocycles. The highest BCUT2D eigenvalue weighted by molar-refractivity contribution is 6.13. The lowest BCUT2D eigenvalue weighted by atomic mass is 10.1. The number of carbonyl (C=O) groups excluding carboxylic acids is 1. The highest BCUT2D eigenvalue weighted by atomic mass is 16.6. The molecule has 5 atom stereocenters. The van der Waals surface area contributed by atoms with E-state index in [2.05, 4.69) is 9.98 Å². The van der Waals surface area contributed by atoms with Gasteiger partial charge >= 0.3 is 0 Å². The minimum Gasteiger partial charge on any atom is -0.394 e. The molecule has 8 heteroatoms. The van der Waals surface area contributed by atoms with Gasteiger partial charge in [-0.3, -0.25) is 4.79 Å². The van der Waals surface area contributed by atoms with Crippen molar-refractivity contribution in [3.63, 3.8) is 0 Å². The van der Waals surface area contributed by atoms with Crippen molar-refractivity contribution < 1.29 is 24.9 Å². The third kappa shape index (κ3) is 1.80. The first-order valence-electron chi connectivity index (χ1n) is 5.86. The minimum atomic E-state index is -1.20. The summed E-state index contributed by atoms with van der Waals surface area (Å²) in [6.45, 7) is -0.400. The molecule has 3 N–H and O–H groups in total. The first-order valence-corrected chi connectivity index (χ1v) is 5.86. The molecule has 8 nitrogen and oxygen atoms in total. The van der Waals surface area contributed by atoms with Crippen molar-refractivity contribution in [3.8, 4) is 0 Å². The molecule has 0 spiro atoms. The van der Waals surface area contributed by atoms with Gasteiger partial charge in [0.15, 0.2) is 6.23 Å². The molecule has 0 aromatic rings. The Hall–Kier alpha value is -1.61.